The molecule has 0 atom stereocenters. The van der Waals surface area contributed by atoms with Crippen LogP contribution in [0.5, 0.6) is 23.0 Å². The van der Waals surface area contributed by atoms with Crippen molar-refractivity contribution in [3.8, 4) is 23.0 Å². The van der Waals surface area contributed by atoms with E-state index in [1.807, 2.05) is 72.8 Å². The molecule has 6 nitrogen and oxygen atoms in total. The zero-order chi connectivity index (χ0) is 25.5. The monoisotopic (exact) mass is 633 g/mol. The largest absolute Gasteiger partial charge is 0.493 e. The van der Waals surface area contributed by atoms with E-state index in [-0.39, 0.29) is 5.91 Å². The van der Waals surface area contributed by atoms with Gasteiger partial charge in [0.2, 0.25) is 0 Å². The maximum Gasteiger partial charge on any atom is 0.266 e. The molecule has 9 heteroatoms. The Morgan fingerprint density at radius 1 is 0.917 bits per heavy atom. The third-order valence-electron chi connectivity index (χ3n) is 5.26. The van der Waals surface area contributed by atoms with Crippen LogP contribution in [0.4, 0.5) is 0 Å². The Balaban J connectivity index is 1.43. The second kappa shape index (κ2) is 12.5. The number of hydrogen-bond acceptors (Lipinski definition) is 7. The van der Waals surface area contributed by atoms with Crippen molar-refractivity contribution in [1.82, 2.24) is 4.90 Å². The van der Waals surface area contributed by atoms with Crippen LogP contribution in [0, 0.1) is 3.57 Å². The number of hydrogen-bond donors (Lipinski definition) is 0. The number of thioether (sulfide) groups is 1. The van der Waals surface area contributed by atoms with Crippen LogP contribution >= 0.6 is 46.6 Å². The minimum absolute atomic E-state index is 0.100. The van der Waals surface area contributed by atoms with Gasteiger partial charge in [-0.05, 0) is 64.1 Å². The summed E-state index contributed by atoms with van der Waals surface area (Å²) in [7, 11) is 3.20. The summed E-state index contributed by atoms with van der Waals surface area (Å²) in [6.07, 6.45) is 1.84. The van der Waals surface area contributed by atoms with Gasteiger partial charge in [-0.1, -0.05) is 66.4 Å². The summed E-state index contributed by atoms with van der Waals surface area (Å²) in [6.45, 7) is 1.11. The van der Waals surface area contributed by atoms with E-state index in [0.717, 1.165) is 14.7 Å². The molecule has 0 spiro atoms. The fourth-order valence-electron chi connectivity index (χ4n) is 3.55. The normalized spacial score (nSPS) is 14.3. The van der Waals surface area contributed by atoms with Gasteiger partial charge < -0.3 is 18.9 Å². The van der Waals surface area contributed by atoms with Gasteiger partial charge in [0, 0.05) is 0 Å². The number of halogens is 1. The van der Waals surface area contributed by atoms with Gasteiger partial charge >= 0.3 is 0 Å². The first-order valence-electron chi connectivity index (χ1n) is 11.1. The third kappa shape index (κ3) is 6.32. The number of nitrogens with zero attached hydrogens (tertiary/aromatic N) is 1. The van der Waals surface area contributed by atoms with Crippen LogP contribution in [0.25, 0.3) is 6.08 Å². The number of methoxy groups -OCH3 is 2. The van der Waals surface area contributed by atoms with Crippen molar-refractivity contribution >= 4 is 62.9 Å². The minimum atomic E-state index is -0.100. The van der Waals surface area contributed by atoms with E-state index < -0.39 is 0 Å². The summed E-state index contributed by atoms with van der Waals surface area (Å²) in [5.41, 5.74) is 1.86. The molecule has 1 amide bonds. The van der Waals surface area contributed by atoms with Crippen LogP contribution in [0.2, 0.25) is 0 Å². The summed E-state index contributed by atoms with van der Waals surface area (Å²) in [4.78, 5) is 15.2. The van der Waals surface area contributed by atoms with Crippen LogP contribution in [0.1, 0.15) is 11.1 Å². The molecule has 0 unspecified atom stereocenters. The Morgan fingerprint density at radius 3 is 2.31 bits per heavy atom. The zero-order valence-corrected chi connectivity index (χ0v) is 23.5. The molecule has 1 fully saturated rings. The van der Waals surface area contributed by atoms with Crippen molar-refractivity contribution < 1.29 is 23.7 Å². The molecule has 0 radical (unpaired) electrons. The highest BCUT2D eigenvalue weighted by atomic mass is 127. The number of para-hydroxylation sites is 2. The molecule has 3 aromatic carbocycles. The SMILES string of the molecule is COc1ccccc1OCCOc1c(I)cc(/C=C2\SC(=S)N(Cc3ccccc3)C2=O)cc1OC. The Hall–Kier alpha value is -2.76. The van der Waals surface area contributed by atoms with Crippen molar-refractivity contribution in [2.75, 3.05) is 27.4 Å². The Kier molecular flexibility index (Phi) is 9.11. The Morgan fingerprint density at radius 2 is 1.58 bits per heavy atom. The fraction of sp³-hybridized carbons (Fsp3) is 0.185. The lowest BCUT2D eigenvalue weighted by atomic mass is 10.1. The smallest absolute Gasteiger partial charge is 0.266 e. The number of amides is 1. The zero-order valence-electron chi connectivity index (χ0n) is 19.7. The first-order valence-corrected chi connectivity index (χ1v) is 13.4. The summed E-state index contributed by atoms with van der Waals surface area (Å²) < 4.78 is 24.1. The van der Waals surface area contributed by atoms with Gasteiger partial charge in [-0.2, -0.15) is 0 Å². The lowest BCUT2D eigenvalue weighted by molar-refractivity contribution is -0.122. The molecule has 0 aliphatic carbocycles. The van der Waals surface area contributed by atoms with E-state index in [1.54, 1.807) is 19.1 Å². The average Bonchev–Trinajstić information content (AvgIpc) is 3.15. The summed E-state index contributed by atoms with van der Waals surface area (Å²) in [6, 6.07) is 21.1. The number of thiocarbonyl (C=S) groups is 1. The molecule has 3 aromatic rings. The quantitative estimate of drug-likeness (QED) is 0.115. The molecular weight excluding hydrogens is 609 g/mol. The van der Waals surface area contributed by atoms with Gasteiger partial charge in [-0.25, -0.2) is 0 Å². The Bertz CT molecular complexity index is 1280. The highest BCUT2D eigenvalue weighted by molar-refractivity contribution is 14.1. The van der Waals surface area contributed by atoms with Crippen LogP contribution in [-0.2, 0) is 11.3 Å². The second-order valence-electron chi connectivity index (χ2n) is 7.64. The van der Waals surface area contributed by atoms with E-state index in [9.17, 15) is 4.79 Å². The van der Waals surface area contributed by atoms with E-state index in [0.29, 0.717) is 52.0 Å². The number of benzene rings is 3. The molecule has 4 rings (SSSR count). The highest BCUT2D eigenvalue weighted by Gasteiger charge is 2.32. The van der Waals surface area contributed by atoms with E-state index in [4.69, 9.17) is 31.2 Å². The predicted octanol–water partition coefficient (Wildman–Crippen LogP) is 6.17. The van der Waals surface area contributed by atoms with Gasteiger partial charge in [0.25, 0.3) is 5.91 Å². The van der Waals surface area contributed by atoms with Crippen molar-refractivity contribution in [1.29, 1.82) is 0 Å². The molecule has 1 aliphatic heterocycles. The van der Waals surface area contributed by atoms with Crippen molar-refractivity contribution in [2.24, 2.45) is 0 Å². The van der Waals surface area contributed by atoms with Gasteiger partial charge in [-0.15, -0.1) is 0 Å². The summed E-state index contributed by atoms with van der Waals surface area (Å²) in [5, 5.41) is 0. The topological polar surface area (TPSA) is 57.2 Å². The first-order chi connectivity index (χ1) is 17.5. The standard InChI is InChI=1S/C27H24INO5S2/c1-31-21-10-6-7-11-22(21)33-12-13-34-25-20(28)14-19(15-23(25)32-2)16-24-26(30)29(27(35)36-24)17-18-8-4-3-5-9-18/h3-11,14-16H,12-13,17H2,1-2H3/b24-16-. The van der Waals surface area contributed by atoms with Gasteiger partial charge in [0.15, 0.2) is 23.0 Å². The molecule has 36 heavy (non-hydrogen) atoms. The lowest BCUT2D eigenvalue weighted by Gasteiger charge is -2.15. The third-order valence-corrected chi connectivity index (χ3v) is 7.44. The molecule has 0 bridgehead atoms. The number of ether oxygens (including phenoxy) is 4. The lowest BCUT2D eigenvalue weighted by Crippen LogP contribution is -2.27. The Labute approximate surface area is 233 Å². The number of rotatable bonds is 10. The van der Waals surface area contributed by atoms with Crippen LogP contribution < -0.4 is 18.9 Å². The van der Waals surface area contributed by atoms with E-state index >= 15 is 0 Å². The molecule has 0 aromatic heterocycles. The molecular formula is C27H24INO5S2. The minimum Gasteiger partial charge on any atom is -0.493 e. The number of carbonyl (C=O) groups is 1. The first kappa shape index (κ1) is 26.3. The predicted molar refractivity (Wildman–Crippen MR) is 155 cm³/mol. The number of carbonyl (C=O) groups excluding carboxylic acids is 1. The van der Waals surface area contributed by atoms with Crippen molar-refractivity contribution in [3.05, 3.63) is 86.3 Å². The highest BCUT2D eigenvalue weighted by Crippen LogP contribution is 2.38. The van der Waals surface area contributed by atoms with Gasteiger partial charge in [-0.3, -0.25) is 9.69 Å². The second-order valence-corrected chi connectivity index (χ2v) is 10.5. The maximum atomic E-state index is 13.0. The van der Waals surface area contributed by atoms with Crippen molar-refractivity contribution in [3.63, 3.8) is 0 Å². The van der Waals surface area contributed by atoms with E-state index in [1.165, 1.54) is 11.8 Å². The van der Waals surface area contributed by atoms with Gasteiger partial charge in [0.05, 0.1) is 29.2 Å². The molecule has 0 saturated carbocycles. The molecule has 1 aliphatic rings. The molecule has 1 heterocycles. The molecule has 186 valence electrons. The van der Waals surface area contributed by atoms with Gasteiger partial charge in [0.1, 0.15) is 17.5 Å². The molecule has 1 saturated heterocycles. The van der Waals surface area contributed by atoms with Crippen LogP contribution in [0.3, 0.4) is 0 Å². The molecule has 0 N–H and O–H groups in total. The average molecular weight is 634 g/mol. The maximum absolute atomic E-state index is 13.0. The summed E-state index contributed by atoms with van der Waals surface area (Å²) in [5.74, 6) is 2.42. The van der Waals surface area contributed by atoms with Crippen LogP contribution in [-0.4, -0.2) is 42.6 Å². The van der Waals surface area contributed by atoms with E-state index in [2.05, 4.69) is 22.6 Å². The van der Waals surface area contributed by atoms with Crippen molar-refractivity contribution in [2.45, 2.75) is 6.54 Å². The fourth-order valence-corrected chi connectivity index (χ4v) is 5.59. The summed E-state index contributed by atoms with van der Waals surface area (Å²) >= 11 is 8.98. The van der Waals surface area contributed by atoms with Crippen LogP contribution in [0.15, 0.2) is 71.6 Å².